The highest BCUT2D eigenvalue weighted by molar-refractivity contribution is 6.04. The van der Waals surface area contributed by atoms with Gasteiger partial charge in [-0.15, -0.1) is 0 Å². The number of esters is 1. The zero-order valence-corrected chi connectivity index (χ0v) is 17.8. The Morgan fingerprint density at radius 3 is 2.42 bits per heavy atom. The van der Waals surface area contributed by atoms with Gasteiger partial charge in [0.2, 0.25) is 0 Å². The van der Waals surface area contributed by atoms with Gasteiger partial charge >= 0.3 is 11.7 Å². The van der Waals surface area contributed by atoms with E-state index in [0.717, 1.165) is 10.1 Å². The van der Waals surface area contributed by atoms with Crippen LogP contribution in [-0.2, 0) is 23.6 Å². The number of furan rings is 1. The first kappa shape index (κ1) is 20.5. The van der Waals surface area contributed by atoms with Crippen molar-refractivity contribution in [3.63, 3.8) is 0 Å². The van der Waals surface area contributed by atoms with Gasteiger partial charge in [0.25, 0.3) is 5.56 Å². The van der Waals surface area contributed by atoms with Crippen LogP contribution in [0, 0.1) is 6.92 Å². The van der Waals surface area contributed by atoms with E-state index in [1.54, 1.807) is 33.0 Å². The van der Waals surface area contributed by atoms with Crippen molar-refractivity contribution >= 4 is 17.5 Å². The normalized spacial score (nSPS) is 15.4. The molecule has 0 spiro atoms. The number of anilines is 1. The largest absolute Gasteiger partial charge is 0.465 e. The molecule has 4 rings (SSSR count). The summed E-state index contributed by atoms with van der Waals surface area (Å²) >= 11 is 0. The molecule has 0 saturated heterocycles. The number of benzene rings is 1. The predicted molar refractivity (Wildman–Crippen MR) is 116 cm³/mol. The number of nitrogens with one attached hydrogen (secondary N) is 1. The molecule has 160 valence electrons. The molecule has 0 aliphatic carbocycles. The Morgan fingerprint density at radius 1 is 1.10 bits per heavy atom. The number of aromatic nitrogens is 2. The van der Waals surface area contributed by atoms with Gasteiger partial charge in [-0.3, -0.25) is 13.9 Å². The summed E-state index contributed by atoms with van der Waals surface area (Å²) < 4.78 is 13.7. The van der Waals surface area contributed by atoms with E-state index in [1.807, 2.05) is 30.3 Å². The zero-order chi connectivity index (χ0) is 22.3. The summed E-state index contributed by atoms with van der Waals surface area (Å²) in [7, 11) is 2.99. The first-order valence-corrected chi connectivity index (χ1v) is 9.95. The van der Waals surface area contributed by atoms with Crippen LogP contribution < -0.4 is 16.6 Å². The predicted octanol–water partition coefficient (Wildman–Crippen LogP) is 2.52. The van der Waals surface area contributed by atoms with E-state index >= 15 is 0 Å². The minimum atomic E-state index is -0.843. The van der Waals surface area contributed by atoms with Gasteiger partial charge < -0.3 is 14.5 Å². The van der Waals surface area contributed by atoms with Gasteiger partial charge in [0, 0.05) is 14.1 Å². The first-order valence-electron chi connectivity index (χ1n) is 9.95. The molecular weight excluding hydrogens is 398 g/mol. The van der Waals surface area contributed by atoms with Gasteiger partial charge in [-0.2, -0.15) is 0 Å². The minimum Gasteiger partial charge on any atom is -0.465 e. The molecule has 1 unspecified atom stereocenters. The summed E-state index contributed by atoms with van der Waals surface area (Å²) in [5.74, 6) is -0.0214. The van der Waals surface area contributed by atoms with E-state index in [4.69, 9.17) is 9.15 Å². The number of fused-ring (bicyclic) bond motifs is 1. The fraction of sp³-hybridized carbons (Fsp3) is 0.261. The van der Waals surface area contributed by atoms with Gasteiger partial charge in [-0.25, -0.2) is 9.59 Å². The lowest BCUT2D eigenvalue weighted by Gasteiger charge is -2.30. The lowest BCUT2D eigenvalue weighted by molar-refractivity contribution is -0.138. The van der Waals surface area contributed by atoms with Crippen LogP contribution in [0.4, 0.5) is 5.82 Å². The van der Waals surface area contributed by atoms with Crippen molar-refractivity contribution in [2.24, 2.45) is 14.1 Å². The third-order valence-corrected chi connectivity index (χ3v) is 5.39. The standard InChI is InChI=1S/C23H23N3O5/c1-5-30-22(28)17-16(15-12-11-13(2)31-15)18-20(25(3)23(29)26(4)21(18)27)24-19(17)14-9-7-6-8-10-14/h6-12,16,24H,5H2,1-4H3. The van der Waals surface area contributed by atoms with Crippen molar-refractivity contribution in [3.8, 4) is 0 Å². The number of hydrogen-bond acceptors (Lipinski definition) is 6. The lowest BCUT2D eigenvalue weighted by Crippen LogP contribution is -2.43. The topological polar surface area (TPSA) is 95.5 Å². The fourth-order valence-electron chi connectivity index (χ4n) is 3.91. The molecule has 1 N–H and O–H groups in total. The number of carbonyl (C=O) groups is 1. The third kappa shape index (κ3) is 3.30. The van der Waals surface area contributed by atoms with Crippen LogP contribution in [0.25, 0.3) is 5.70 Å². The monoisotopic (exact) mass is 421 g/mol. The van der Waals surface area contributed by atoms with E-state index in [0.29, 0.717) is 23.0 Å². The summed E-state index contributed by atoms with van der Waals surface area (Å²) in [6.45, 7) is 3.68. The number of carbonyl (C=O) groups excluding carboxylic acids is 1. The molecule has 1 aromatic carbocycles. The fourth-order valence-corrected chi connectivity index (χ4v) is 3.91. The van der Waals surface area contributed by atoms with Crippen LogP contribution in [0.1, 0.15) is 35.5 Å². The quantitative estimate of drug-likeness (QED) is 0.651. The molecule has 0 bridgehead atoms. The highest BCUT2D eigenvalue weighted by Gasteiger charge is 2.40. The molecular formula is C23H23N3O5. The van der Waals surface area contributed by atoms with Crippen LogP contribution in [-0.4, -0.2) is 21.7 Å². The number of nitrogens with zero attached hydrogens (tertiary/aromatic N) is 2. The maximum absolute atomic E-state index is 13.2. The van der Waals surface area contributed by atoms with Gasteiger partial charge in [-0.05, 0) is 31.5 Å². The van der Waals surface area contributed by atoms with Crippen LogP contribution in [0.2, 0.25) is 0 Å². The molecule has 0 radical (unpaired) electrons. The Labute approximate surface area is 178 Å². The highest BCUT2D eigenvalue weighted by Crippen LogP contribution is 2.43. The molecule has 1 atom stereocenters. The van der Waals surface area contributed by atoms with Crippen LogP contribution in [0.5, 0.6) is 0 Å². The van der Waals surface area contributed by atoms with Crippen molar-refractivity contribution in [2.75, 3.05) is 11.9 Å². The lowest BCUT2D eigenvalue weighted by atomic mass is 9.84. The van der Waals surface area contributed by atoms with Crippen molar-refractivity contribution in [2.45, 2.75) is 19.8 Å². The molecule has 3 heterocycles. The van der Waals surface area contributed by atoms with Gasteiger partial charge in [0.15, 0.2) is 0 Å². The molecule has 1 aliphatic heterocycles. The second kappa shape index (κ2) is 7.79. The first-order chi connectivity index (χ1) is 14.8. The smallest absolute Gasteiger partial charge is 0.337 e. The maximum Gasteiger partial charge on any atom is 0.337 e. The summed E-state index contributed by atoms with van der Waals surface area (Å²) in [4.78, 5) is 39.1. The Morgan fingerprint density at radius 2 is 1.81 bits per heavy atom. The Hall–Kier alpha value is -3.81. The maximum atomic E-state index is 13.2. The Kier molecular flexibility index (Phi) is 5.14. The molecule has 2 aromatic heterocycles. The Bertz CT molecular complexity index is 1310. The van der Waals surface area contributed by atoms with Crippen molar-refractivity contribution in [3.05, 3.63) is 91.5 Å². The molecule has 0 amide bonds. The molecule has 1 aliphatic rings. The zero-order valence-electron chi connectivity index (χ0n) is 17.8. The Balaban J connectivity index is 2.13. The SMILES string of the molecule is CCOC(=O)C1=C(c2ccccc2)Nc2c(c(=O)n(C)c(=O)n2C)C1c1ccc(C)o1. The molecule has 8 heteroatoms. The van der Waals surface area contributed by atoms with Gasteiger partial charge in [0.1, 0.15) is 17.3 Å². The van der Waals surface area contributed by atoms with Crippen LogP contribution in [0.3, 0.4) is 0 Å². The van der Waals surface area contributed by atoms with E-state index < -0.39 is 23.1 Å². The van der Waals surface area contributed by atoms with Crippen LogP contribution >= 0.6 is 0 Å². The summed E-state index contributed by atoms with van der Waals surface area (Å²) in [6.07, 6.45) is 0. The molecule has 3 aromatic rings. The summed E-state index contributed by atoms with van der Waals surface area (Å²) in [5.41, 5.74) is 0.718. The van der Waals surface area contributed by atoms with E-state index in [-0.39, 0.29) is 17.7 Å². The number of ether oxygens (including phenoxy) is 1. The number of rotatable bonds is 4. The number of hydrogen-bond donors (Lipinski definition) is 1. The second-order valence-corrected chi connectivity index (χ2v) is 7.35. The van der Waals surface area contributed by atoms with Crippen LogP contribution in [0.15, 0.2) is 62.0 Å². The molecule has 0 fully saturated rings. The molecule has 0 saturated carbocycles. The van der Waals surface area contributed by atoms with Gasteiger partial charge in [-0.1, -0.05) is 30.3 Å². The number of aryl methyl sites for hydroxylation is 1. The van der Waals surface area contributed by atoms with Crippen molar-refractivity contribution in [1.29, 1.82) is 0 Å². The molecule has 8 nitrogen and oxygen atoms in total. The average molecular weight is 421 g/mol. The second-order valence-electron chi connectivity index (χ2n) is 7.35. The highest BCUT2D eigenvalue weighted by atomic mass is 16.5. The summed E-state index contributed by atoms with van der Waals surface area (Å²) in [6, 6.07) is 12.8. The minimum absolute atomic E-state index is 0.173. The summed E-state index contributed by atoms with van der Waals surface area (Å²) in [5, 5.41) is 3.17. The van der Waals surface area contributed by atoms with Crippen molar-refractivity contribution in [1.82, 2.24) is 9.13 Å². The van der Waals surface area contributed by atoms with Gasteiger partial charge in [0.05, 0.1) is 29.4 Å². The molecule has 31 heavy (non-hydrogen) atoms. The third-order valence-electron chi connectivity index (χ3n) is 5.39. The van der Waals surface area contributed by atoms with E-state index in [2.05, 4.69) is 5.32 Å². The van der Waals surface area contributed by atoms with Crippen molar-refractivity contribution < 1.29 is 13.9 Å². The van der Waals surface area contributed by atoms with E-state index in [1.165, 1.54) is 11.6 Å². The average Bonchev–Trinajstić information content (AvgIpc) is 3.21. The van der Waals surface area contributed by atoms with E-state index in [9.17, 15) is 14.4 Å².